The first-order chi connectivity index (χ1) is 27.8. The first kappa shape index (κ1) is 32.6. The molecule has 0 bridgehead atoms. The second-order valence-corrected chi connectivity index (χ2v) is 16.4. The van der Waals surface area contributed by atoms with E-state index in [1.807, 2.05) is 0 Å². The standard InChI is InChI=1S/C52H35N3Se/c1-4-17-37(18-5-1)53(42-31-33-45-44-26-12-13-27-47(44)55(49(45)35-42)39-21-8-3-9-22-39)40-23-14-24-41(34-40)54(38-19-6-2-7-20-38)48-28-15-29-50-51(48)46-32-30-36-16-10-11-25-43(36)52(46)56-50/h1-35H. The Hall–Kier alpha value is -6.84. The van der Waals surface area contributed by atoms with Gasteiger partial charge in [-0.1, -0.05) is 36.4 Å². The normalized spacial score (nSPS) is 11.6. The number of nitrogens with zero attached hydrogens (tertiary/aromatic N) is 3. The molecule has 11 rings (SSSR count). The van der Waals surface area contributed by atoms with Crippen LogP contribution in [0.25, 0.3) is 57.6 Å². The summed E-state index contributed by atoms with van der Waals surface area (Å²) in [5, 5.41) is 7.83. The van der Waals surface area contributed by atoms with E-state index in [0.29, 0.717) is 0 Å². The molecule has 0 N–H and O–H groups in total. The van der Waals surface area contributed by atoms with Crippen molar-refractivity contribution in [1.82, 2.24) is 4.57 Å². The van der Waals surface area contributed by atoms with Crippen molar-refractivity contribution in [2.45, 2.75) is 0 Å². The van der Waals surface area contributed by atoms with Gasteiger partial charge in [0.1, 0.15) is 0 Å². The molecule has 2 heterocycles. The third kappa shape index (κ3) is 5.34. The first-order valence-corrected chi connectivity index (χ1v) is 20.7. The first-order valence-electron chi connectivity index (χ1n) is 19.0. The SMILES string of the molecule is c1ccc(N(c2cccc(N(c3ccccc3)c3cccc4[se]c5c6ccccc6ccc5c34)c2)c2ccc3c4ccccc4n(-c4ccccc4)c3c2)cc1. The Morgan fingerprint density at radius 1 is 0.357 bits per heavy atom. The van der Waals surface area contributed by atoms with E-state index in [-0.39, 0.29) is 14.5 Å². The van der Waals surface area contributed by atoms with Crippen LogP contribution >= 0.6 is 0 Å². The molecule has 0 atom stereocenters. The van der Waals surface area contributed by atoms with Crippen molar-refractivity contribution in [2.24, 2.45) is 0 Å². The number of benzene rings is 9. The summed E-state index contributed by atoms with van der Waals surface area (Å²) in [4.78, 5) is 4.83. The molecule has 2 aromatic heterocycles. The fraction of sp³-hybridized carbons (Fsp3) is 0. The van der Waals surface area contributed by atoms with E-state index >= 15 is 0 Å². The summed E-state index contributed by atoms with van der Waals surface area (Å²) < 4.78 is 5.29. The van der Waals surface area contributed by atoms with Gasteiger partial charge in [0.2, 0.25) is 0 Å². The fourth-order valence-electron chi connectivity index (χ4n) is 8.47. The maximum atomic E-state index is 2.45. The minimum absolute atomic E-state index is 0.205. The Bertz CT molecular complexity index is 3200. The molecule has 264 valence electrons. The van der Waals surface area contributed by atoms with Gasteiger partial charge in [-0.15, -0.1) is 0 Å². The van der Waals surface area contributed by atoms with Crippen molar-refractivity contribution in [2.75, 3.05) is 9.80 Å². The van der Waals surface area contributed by atoms with Crippen molar-refractivity contribution in [3.63, 3.8) is 0 Å². The van der Waals surface area contributed by atoms with Gasteiger partial charge >= 0.3 is 262 Å². The van der Waals surface area contributed by atoms with Gasteiger partial charge in [0.15, 0.2) is 0 Å². The van der Waals surface area contributed by atoms with E-state index in [9.17, 15) is 0 Å². The van der Waals surface area contributed by atoms with Crippen LogP contribution < -0.4 is 9.80 Å². The predicted octanol–water partition coefficient (Wildman–Crippen LogP) is 14.2. The van der Waals surface area contributed by atoms with Crippen molar-refractivity contribution in [1.29, 1.82) is 0 Å². The predicted molar refractivity (Wildman–Crippen MR) is 240 cm³/mol. The molecular weight excluding hydrogens is 746 g/mol. The number of fused-ring (bicyclic) bond motifs is 8. The van der Waals surface area contributed by atoms with Crippen LogP contribution in [0.15, 0.2) is 212 Å². The minimum atomic E-state index is 0.205. The summed E-state index contributed by atoms with van der Waals surface area (Å²) >= 11 is 0.205. The van der Waals surface area contributed by atoms with E-state index in [2.05, 4.69) is 227 Å². The fourth-order valence-corrected chi connectivity index (χ4v) is 11.1. The van der Waals surface area contributed by atoms with Crippen molar-refractivity contribution < 1.29 is 0 Å². The molecule has 0 saturated carbocycles. The van der Waals surface area contributed by atoms with Gasteiger partial charge < -0.3 is 0 Å². The van der Waals surface area contributed by atoms with Crippen molar-refractivity contribution >= 4 is 100 Å². The zero-order valence-corrected chi connectivity index (χ0v) is 32.2. The van der Waals surface area contributed by atoms with Crippen LogP contribution in [0, 0.1) is 0 Å². The molecule has 0 fully saturated rings. The van der Waals surface area contributed by atoms with Gasteiger partial charge in [-0.05, 0) is 18.2 Å². The number of hydrogen-bond donors (Lipinski definition) is 0. The third-order valence-electron chi connectivity index (χ3n) is 10.9. The van der Waals surface area contributed by atoms with Crippen molar-refractivity contribution in [3.8, 4) is 5.69 Å². The Balaban J connectivity index is 1.12. The molecule has 4 heteroatoms. The summed E-state index contributed by atoms with van der Waals surface area (Å²) in [6, 6.07) is 77.2. The molecule has 0 radical (unpaired) electrons. The Morgan fingerprint density at radius 3 is 1.71 bits per heavy atom. The molecule has 3 nitrogen and oxygen atoms in total. The molecule has 11 aromatic rings. The molecule has 0 unspecified atom stereocenters. The summed E-state index contributed by atoms with van der Waals surface area (Å²) in [6.07, 6.45) is 0. The van der Waals surface area contributed by atoms with Gasteiger partial charge in [0.05, 0.1) is 5.52 Å². The molecule has 0 saturated heterocycles. The van der Waals surface area contributed by atoms with Crippen molar-refractivity contribution in [3.05, 3.63) is 212 Å². The third-order valence-corrected chi connectivity index (χ3v) is 13.4. The molecular formula is C52H35N3Se. The quantitative estimate of drug-likeness (QED) is 0.149. The van der Waals surface area contributed by atoms with E-state index in [1.165, 1.54) is 57.6 Å². The number of hydrogen-bond acceptors (Lipinski definition) is 2. The average Bonchev–Trinajstić information content (AvgIpc) is 3.82. The molecule has 0 amide bonds. The Morgan fingerprint density at radius 2 is 0.929 bits per heavy atom. The van der Waals surface area contributed by atoms with E-state index in [1.54, 1.807) is 0 Å². The summed E-state index contributed by atoms with van der Waals surface area (Å²) in [5.74, 6) is 0. The molecule has 0 aliphatic rings. The van der Waals surface area contributed by atoms with Gasteiger partial charge in [-0.3, -0.25) is 0 Å². The van der Waals surface area contributed by atoms with E-state index < -0.39 is 0 Å². The number of para-hydroxylation sites is 4. The molecule has 0 aliphatic carbocycles. The van der Waals surface area contributed by atoms with Crippen LogP contribution in [0.2, 0.25) is 0 Å². The van der Waals surface area contributed by atoms with Gasteiger partial charge in [-0.25, -0.2) is 0 Å². The van der Waals surface area contributed by atoms with Crippen LogP contribution in [-0.2, 0) is 0 Å². The number of rotatable bonds is 7. The van der Waals surface area contributed by atoms with E-state index in [4.69, 9.17) is 0 Å². The summed E-state index contributed by atoms with van der Waals surface area (Å²) in [7, 11) is 0. The van der Waals surface area contributed by atoms with Crippen LogP contribution in [0.1, 0.15) is 0 Å². The zero-order valence-electron chi connectivity index (χ0n) is 30.5. The molecule has 9 aromatic carbocycles. The monoisotopic (exact) mass is 781 g/mol. The van der Waals surface area contributed by atoms with Crippen LogP contribution in [-0.4, -0.2) is 19.1 Å². The Kier molecular flexibility index (Phi) is 7.84. The number of anilines is 6. The zero-order chi connectivity index (χ0) is 37.0. The molecule has 0 spiro atoms. The summed E-state index contributed by atoms with van der Waals surface area (Å²) in [6.45, 7) is 0. The molecule has 0 aliphatic heterocycles. The van der Waals surface area contributed by atoms with Gasteiger partial charge in [0, 0.05) is 11.1 Å². The maximum absolute atomic E-state index is 2.45. The Labute approximate surface area is 331 Å². The van der Waals surface area contributed by atoms with Crippen LogP contribution in [0.4, 0.5) is 34.1 Å². The number of aromatic nitrogens is 1. The van der Waals surface area contributed by atoms with Gasteiger partial charge in [-0.2, -0.15) is 0 Å². The van der Waals surface area contributed by atoms with Crippen LogP contribution in [0.5, 0.6) is 0 Å². The average molecular weight is 781 g/mol. The van der Waals surface area contributed by atoms with E-state index in [0.717, 1.165) is 34.1 Å². The van der Waals surface area contributed by atoms with Crippen LogP contribution in [0.3, 0.4) is 0 Å². The molecule has 56 heavy (non-hydrogen) atoms. The summed E-state index contributed by atoms with van der Waals surface area (Å²) in [5.41, 5.74) is 10.2. The second kappa shape index (κ2) is 13.5. The topological polar surface area (TPSA) is 11.4 Å². The van der Waals surface area contributed by atoms with Gasteiger partial charge in [0.25, 0.3) is 0 Å². The second-order valence-electron chi connectivity index (χ2n) is 14.2.